The quantitative estimate of drug-likeness (QED) is 0.757. The molecule has 118 valence electrons. The van der Waals surface area contributed by atoms with Crippen LogP contribution in [0.4, 0.5) is 4.39 Å². The van der Waals surface area contributed by atoms with E-state index in [1.54, 1.807) is 12.1 Å². The van der Waals surface area contributed by atoms with Crippen molar-refractivity contribution in [3.63, 3.8) is 0 Å². The molecule has 2 nitrogen and oxygen atoms in total. The molecule has 0 saturated carbocycles. The molecule has 4 N–H and O–H groups in total. The van der Waals surface area contributed by atoms with Crippen LogP contribution < -0.4 is 11.5 Å². The van der Waals surface area contributed by atoms with E-state index in [9.17, 15) is 4.39 Å². The van der Waals surface area contributed by atoms with Crippen LogP contribution in [-0.4, -0.2) is 0 Å². The summed E-state index contributed by atoms with van der Waals surface area (Å²) in [4.78, 5) is 0. The highest BCUT2D eigenvalue weighted by Gasteiger charge is 2.33. The number of halogens is 1. The molecule has 0 fully saturated rings. The van der Waals surface area contributed by atoms with Crippen molar-refractivity contribution in [2.75, 3.05) is 0 Å². The maximum atomic E-state index is 13.2. The molecule has 0 radical (unpaired) electrons. The summed E-state index contributed by atoms with van der Waals surface area (Å²) in [5.74, 6) is -0.272. The van der Waals surface area contributed by atoms with Gasteiger partial charge in [0.15, 0.2) is 0 Å². The van der Waals surface area contributed by atoms with Gasteiger partial charge in [0.05, 0.1) is 11.6 Å². The van der Waals surface area contributed by atoms with Crippen LogP contribution in [-0.2, 0) is 5.54 Å². The topological polar surface area (TPSA) is 52.0 Å². The van der Waals surface area contributed by atoms with Crippen LogP contribution in [0, 0.1) is 5.82 Å². The highest BCUT2D eigenvalue weighted by atomic mass is 19.1. The third kappa shape index (κ3) is 2.85. The van der Waals surface area contributed by atoms with Crippen molar-refractivity contribution in [3.05, 3.63) is 83.7 Å². The number of nitrogens with two attached hydrogens (primary N) is 2. The standard InChI is InChI=1S/C20H21FN2/c1-2-20(23,19(22)15-8-11-18(21)12-9-15)17-10-7-14-5-3-4-6-16(14)13-17/h3-13,19H,2,22-23H2,1H3. The van der Waals surface area contributed by atoms with Gasteiger partial charge in [-0.2, -0.15) is 0 Å². The molecule has 3 aromatic rings. The van der Waals surface area contributed by atoms with Crippen LogP contribution in [0.5, 0.6) is 0 Å². The van der Waals surface area contributed by atoms with Gasteiger partial charge in [0, 0.05) is 0 Å². The molecule has 2 unspecified atom stereocenters. The van der Waals surface area contributed by atoms with Gasteiger partial charge in [0.25, 0.3) is 0 Å². The third-order valence-corrected chi connectivity index (χ3v) is 4.66. The molecule has 3 aromatic carbocycles. The van der Waals surface area contributed by atoms with E-state index in [1.165, 1.54) is 17.5 Å². The Balaban J connectivity index is 2.05. The van der Waals surface area contributed by atoms with Crippen LogP contribution in [0.2, 0.25) is 0 Å². The predicted octanol–water partition coefficient (Wildman–Crippen LogP) is 4.24. The average molecular weight is 308 g/mol. The molecule has 3 heteroatoms. The first-order valence-electron chi connectivity index (χ1n) is 7.84. The number of fused-ring (bicyclic) bond motifs is 1. The zero-order valence-corrected chi connectivity index (χ0v) is 13.2. The van der Waals surface area contributed by atoms with Gasteiger partial charge in [0.2, 0.25) is 0 Å². The van der Waals surface area contributed by atoms with Gasteiger partial charge in [-0.25, -0.2) is 4.39 Å². The normalized spacial score (nSPS) is 15.3. The summed E-state index contributed by atoms with van der Waals surface area (Å²) in [6, 6.07) is 20.2. The molecule has 2 atom stereocenters. The van der Waals surface area contributed by atoms with Crippen molar-refractivity contribution in [1.82, 2.24) is 0 Å². The lowest BCUT2D eigenvalue weighted by Gasteiger charge is -2.35. The van der Waals surface area contributed by atoms with E-state index in [2.05, 4.69) is 24.3 Å². The first-order chi connectivity index (χ1) is 11.0. The summed E-state index contributed by atoms with van der Waals surface area (Å²) >= 11 is 0. The number of rotatable bonds is 4. The summed E-state index contributed by atoms with van der Waals surface area (Å²) < 4.78 is 13.2. The summed E-state index contributed by atoms with van der Waals surface area (Å²) in [5.41, 5.74) is 14.3. The molecule has 0 aliphatic heterocycles. The van der Waals surface area contributed by atoms with Crippen molar-refractivity contribution in [2.24, 2.45) is 11.5 Å². The van der Waals surface area contributed by atoms with Crippen LogP contribution in [0.1, 0.15) is 30.5 Å². The zero-order chi connectivity index (χ0) is 16.4. The highest BCUT2D eigenvalue weighted by Crippen LogP contribution is 2.35. The largest absolute Gasteiger partial charge is 0.322 e. The van der Waals surface area contributed by atoms with E-state index >= 15 is 0 Å². The van der Waals surface area contributed by atoms with Crippen molar-refractivity contribution in [3.8, 4) is 0 Å². The van der Waals surface area contributed by atoms with Gasteiger partial charge in [-0.05, 0) is 46.5 Å². The van der Waals surface area contributed by atoms with Gasteiger partial charge < -0.3 is 11.5 Å². The zero-order valence-electron chi connectivity index (χ0n) is 13.2. The van der Waals surface area contributed by atoms with Gasteiger partial charge in [-0.15, -0.1) is 0 Å². The lowest BCUT2D eigenvalue weighted by Crippen LogP contribution is -2.46. The van der Waals surface area contributed by atoms with E-state index in [-0.39, 0.29) is 5.82 Å². The van der Waals surface area contributed by atoms with Gasteiger partial charge >= 0.3 is 0 Å². The average Bonchev–Trinajstić information content (AvgIpc) is 2.60. The minimum Gasteiger partial charge on any atom is -0.322 e. The van der Waals surface area contributed by atoms with Crippen LogP contribution in [0.3, 0.4) is 0 Å². The number of hydrogen-bond donors (Lipinski definition) is 2. The fourth-order valence-corrected chi connectivity index (χ4v) is 3.05. The summed E-state index contributed by atoms with van der Waals surface area (Å²) in [5, 5.41) is 2.31. The first-order valence-corrected chi connectivity index (χ1v) is 7.84. The minimum absolute atomic E-state index is 0.272. The summed E-state index contributed by atoms with van der Waals surface area (Å²) in [7, 11) is 0. The fourth-order valence-electron chi connectivity index (χ4n) is 3.05. The van der Waals surface area contributed by atoms with E-state index in [1.807, 2.05) is 25.1 Å². The Bertz CT molecular complexity index is 813. The minimum atomic E-state index is -0.706. The van der Waals surface area contributed by atoms with Crippen LogP contribution in [0.15, 0.2) is 66.7 Å². The Kier molecular flexibility index (Phi) is 4.16. The molecule has 0 bridgehead atoms. The van der Waals surface area contributed by atoms with Crippen molar-refractivity contribution < 1.29 is 4.39 Å². The van der Waals surface area contributed by atoms with Crippen LogP contribution in [0.25, 0.3) is 10.8 Å². The SMILES string of the molecule is CCC(N)(c1ccc2ccccc2c1)C(N)c1ccc(F)cc1. The fraction of sp³-hybridized carbons (Fsp3) is 0.200. The Hall–Kier alpha value is -2.23. The predicted molar refractivity (Wildman–Crippen MR) is 93.4 cm³/mol. The molecule has 0 amide bonds. The second-order valence-corrected chi connectivity index (χ2v) is 5.99. The van der Waals surface area contributed by atoms with Crippen molar-refractivity contribution >= 4 is 10.8 Å². The van der Waals surface area contributed by atoms with E-state index in [0.29, 0.717) is 6.42 Å². The van der Waals surface area contributed by atoms with Gasteiger partial charge in [-0.3, -0.25) is 0 Å². The molecule has 0 saturated heterocycles. The molecule has 23 heavy (non-hydrogen) atoms. The lowest BCUT2D eigenvalue weighted by atomic mass is 9.78. The molecule has 0 spiro atoms. The molecule has 0 heterocycles. The summed E-state index contributed by atoms with van der Waals surface area (Å²) in [6.45, 7) is 2.03. The lowest BCUT2D eigenvalue weighted by molar-refractivity contribution is 0.347. The maximum absolute atomic E-state index is 13.2. The van der Waals surface area contributed by atoms with Crippen LogP contribution >= 0.6 is 0 Å². The first kappa shape index (κ1) is 15.7. The maximum Gasteiger partial charge on any atom is 0.123 e. The molecular weight excluding hydrogens is 287 g/mol. The Morgan fingerprint density at radius 1 is 0.957 bits per heavy atom. The molecule has 0 aliphatic rings. The third-order valence-electron chi connectivity index (χ3n) is 4.66. The Morgan fingerprint density at radius 3 is 2.26 bits per heavy atom. The van der Waals surface area contributed by atoms with Crippen molar-refractivity contribution in [2.45, 2.75) is 24.9 Å². The number of benzene rings is 3. The molecular formula is C20H21FN2. The van der Waals surface area contributed by atoms with E-state index in [4.69, 9.17) is 11.5 Å². The second-order valence-electron chi connectivity index (χ2n) is 5.99. The van der Waals surface area contributed by atoms with Crippen molar-refractivity contribution in [1.29, 1.82) is 0 Å². The molecule has 0 aliphatic carbocycles. The Labute approximate surface area is 135 Å². The van der Waals surface area contributed by atoms with Gasteiger partial charge in [-0.1, -0.05) is 55.5 Å². The van der Waals surface area contributed by atoms with E-state index < -0.39 is 11.6 Å². The second kappa shape index (κ2) is 6.11. The Morgan fingerprint density at radius 2 is 1.61 bits per heavy atom. The smallest absolute Gasteiger partial charge is 0.123 e. The molecule has 0 aromatic heterocycles. The summed E-state index contributed by atoms with van der Waals surface area (Å²) in [6.07, 6.45) is 0.684. The monoisotopic (exact) mass is 308 g/mol. The van der Waals surface area contributed by atoms with Gasteiger partial charge in [0.1, 0.15) is 5.82 Å². The number of hydrogen-bond acceptors (Lipinski definition) is 2. The highest BCUT2D eigenvalue weighted by molar-refractivity contribution is 5.83. The molecule has 3 rings (SSSR count). The van der Waals surface area contributed by atoms with E-state index in [0.717, 1.165) is 16.5 Å².